The number of hydrogen-bond donors (Lipinski definition) is 2. The van der Waals surface area contributed by atoms with Crippen LogP contribution in [0, 0.1) is 0 Å². The van der Waals surface area contributed by atoms with Crippen molar-refractivity contribution in [3.63, 3.8) is 0 Å². The highest BCUT2D eigenvalue weighted by atomic mass is 14.8. The third-order valence-electron chi connectivity index (χ3n) is 4.16. The molecule has 27 heavy (non-hydrogen) atoms. The Morgan fingerprint density at radius 2 is 1.22 bits per heavy atom. The van der Waals surface area contributed by atoms with Crippen LogP contribution in [-0.2, 0) is 0 Å². The average Bonchev–Trinajstić information content (AvgIpc) is 2.74. The van der Waals surface area contributed by atoms with Crippen molar-refractivity contribution in [3.05, 3.63) is 115 Å². The Balaban J connectivity index is 1.51. The smallest absolute Gasteiger partial charge is 0.0379 e. The van der Waals surface area contributed by atoms with Crippen molar-refractivity contribution < 1.29 is 0 Å². The highest BCUT2D eigenvalue weighted by molar-refractivity contribution is 5.67. The molecule has 0 saturated carbocycles. The van der Waals surface area contributed by atoms with Gasteiger partial charge in [-0.1, -0.05) is 78.9 Å². The lowest BCUT2D eigenvalue weighted by Crippen LogP contribution is -1.86. The molecule has 0 aromatic heterocycles. The van der Waals surface area contributed by atoms with Crippen LogP contribution in [0.1, 0.15) is 5.56 Å². The van der Waals surface area contributed by atoms with Gasteiger partial charge in [-0.2, -0.15) is 0 Å². The Morgan fingerprint density at radius 1 is 0.593 bits per heavy atom. The molecule has 0 amide bonds. The van der Waals surface area contributed by atoms with Crippen molar-refractivity contribution in [1.82, 2.24) is 0 Å². The molecular formula is C25H24N2. The average molecular weight is 352 g/mol. The van der Waals surface area contributed by atoms with Crippen LogP contribution in [-0.4, -0.2) is 7.05 Å². The van der Waals surface area contributed by atoms with Crippen molar-refractivity contribution in [2.45, 2.75) is 0 Å². The molecule has 0 aliphatic carbocycles. The number of allylic oxidation sites excluding steroid dienone is 4. The molecule has 0 atom stereocenters. The number of hydrogen-bond acceptors (Lipinski definition) is 2. The van der Waals surface area contributed by atoms with Crippen molar-refractivity contribution in [2.24, 2.45) is 0 Å². The van der Waals surface area contributed by atoms with Gasteiger partial charge < -0.3 is 10.6 Å². The van der Waals surface area contributed by atoms with Crippen molar-refractivity contribution >= 4 is 17.5 Å². The zero-order valence-corrected chi connectivity index (χ0v) is 15.5. The van der Waals surface area contributed by atoms with Crippen LogP contribution in [0.3, 0.4) is 0 Å². The second-order valence-corrected chi connectivity index (χ2v) is 6.06. The van der Waals surface area contributed by atoms with E-state index >= 15 is 0 Å². The van der Waals surface area contributed by atoms with E-state index in [1.54, 1.807) is 0 Å². The van der Waals surface area contributed by atoms with E-state index in [2.05, 4.69) is 65.2 Å². The van der Waals surface area contributed by atoms with Crippen LogP contribution in [0.25, 0.3) is 17.2 Å². The van der Waals surface area contributed by atoms with E-state index < -0.39 is 0 Å². The molecular weight excluding hydrogens is 328 g/mol. The van der Waals surface area contributed by atoms with E-state index in [-0.39, 0.29) is 0 Å². The molecule has 0 aliphatic rings. The van der Waals surface area contributed by atoms with Crippen LogP contribution >= 0.6 is 0 Å². The van der Waals surface area contributed by atoms with Gasteiger partial charge in [0.25, 0.3) is 0 Å². The molecule has 2 heteroatoms. The lowest BCUT2D eigenvalue weighted by Gasteiger charge is -2.04. The summed E-state index contributed by atoms with van der Waals surface area (Å²) in [5.41, 5.74) is 5.83. The van der Waals surface area contributed by atoms with E-state index in [0.29, 0.717) is 0 Å². The quantitative estimate of drug-likeness (QED) is 0.469. The summed E-state index contributed by atoms with van der Waals surface area (Å²) >= 11 is 0. The largest absolute Gasteiger partial charge is 0.388 e. The summed E-state index contributed by atoms with van der Waals surface area (Å²) in [6, 6.07) is 27.1. The second-order valence-electron chi connectivity index (χ2n) is 6.06. The fourth-order valence-electron chi connectivity index (χ4n) is 2.65. The van der Waals surface area contributed by atoms with Crippen molar-refractivity contribution in [1.29, 1.82) is 0 Å². The standard InChI is InChI=1S/C25H24N2/c1-26-24-18-16-23(17-19-24)22-14-12-21(13-15-22)9-5-2-3-8-20-27-25-10-6-4-7-11-25/h2-20,26-27H,1H3/b3-2-,9-5-,20-8+. The summed E-state index contributed by atoms with van der Waals surface area (Å²) < 4.78 is 0. The SMILES string of the molecule is CNc1ccc(-c2ccc(\C=C/C=C\C=C\Nc3ccccc3)cc2)cc1. The molecule has 3 aromatic rings. The first-order chi connectivity index (χ1) is 13.3. The van der Waals surface area contributed by atoms with Gasteiger partial charge in [0.1, 0.15) is 0 Å². The summed E-state index contributed by atoms with van der Waals surface area (Å²) in [5, 5.41) is 6.36. The molecule has 2 N–H and O–H groups in total. The van der Waals surface area contributed by atoms with E-state index in [4.69, 9.17) is 0 Å². The van der Waals surface area contributed by atoms with Crippen LogP contribution in [0.15, 0.2) is 109 Å². The van der Waals surface area contributed by atoms with Gasteiger partial charge in [0.05, 0.1) is 0 Å². The first kappa shape index (κ1) is 18.3. The molecule has 0 bridgehead atoms. The monoisotopic (exact) mass is 352 g/mol. The van der Waals surface area contributed by atoms with E-state index in [1.165, 1.54) is 16.7 Å². The molecule has 134 valence electrons. The van der Waals surface area contributed by atoms with E-state index in [0.717, 1.165) is 11.4 Å². The van der Waals surface area contributed by atoms with Crippen LogP contribution < -0.4 is 10.6 Å². The Kier molecular flexibility index (Phi) is 6.66. The fourth-order valence-corrected chi connectivity index (χ4v) is 2.65. The Morgan fingerprint density at radius 3 is 1.89 bits per heavy atom. The number of rotatable bonds is 7. The van der Waals surface area contributed by atoms with Crippen LogP contribution in [0.4, 0.5) is 11.4 Å². The van der Waals surface area contributed by atoms with Crippen LogP contribution in [0.2, 0.25) is 0 Å². The number of anilines is 2. The van der Waals surface area contributed by atoms with Gasteiger partial charge in [0.2, 0.25) is 0 Å². The Labute approximate surface area is 161 Å². The molecule has 0 aliphatic heterocycles. The van der Waals surface area contributed by atoms with Gasteiger partial charge in [-0.25, -0.2) is 0 Å². The van der Waals surface area contributed by atoms with Crippen molar-refractivity contribution in [3.8, 4) is 11.1 Å². The van der Waals surface area contributed by atoms with Gasteiger partial charge in [-0.3, -0.25) is 0 Å². The van der Waals surface area contributed by atoms with Crippen LogP contribution in [0.5, 0.6) is 0 Å². The van der Waals surface area contributed by atoms with Gasteiger partial charge in [-0.05, 0) is 47.0 Å². The summed E-state index contributed by atoms with van der Waals surface area (Å²) in [4.78, 5) is 0. The second kappa shape index (κ2) is 9.83. The van der Waals surface area contributed by atoms with Gasteiger partial charge >= 0.3 is 0 Å². The minimum atomic E-state index is 1.08. The third-order valence-corrected chi connectivity index (χ3v) is 4.16. The predicted octanol–water partition coefficient (Wildman–Crippen LogP) is 6.59. The number of benzene rings is 3. The lowest BCUT2D eigenvalue weighted by molar-refractivity contribution is 1.51. The maximum absolute atomic E-state index is 3.22. The van der Waals surface area contributed by atoms with Gasteiger partial charge in [-0.15, -0.1) is 0 Å². The molecule has 0 radical (unpaired) electrons. The molecule has 0 fully saturated rings. The van der Waals surface area contributed by atoms with Gasteiger partial charge in [0, 0.05) is 24.6 Å². The number of para-hydroxylation sites is 1. The zero-order chi connectivity index (χ0) is 18.7. The maximum atomic E-state index is 3.22. The predicted molar refractivity (Wildman–Crippen MR) is 119 cm³/mol. The molecule has 3 aromatic carbocycles. The topological polar surface area (TPSA) is 24.1 Å². The summed E-state index contributed by atoms with van der Waals surface area (Å²) in [6.07, 6.45) is 12.1. The number of nitrogens with one attached hydrogen (secondary N) is 2. The van der Waals surface area contributed by atoms with E-state index in [9.17, 15) is 0 Å². The first-order valence-electron chi connectivity index (χ1n) is 9.05. The fraction of sp³-hybridized carbons (Fsp3) is 0.0400. The Hall–Kier alpha value is -3.52. The van der Waals surface area contributed by atoms with Gasteiger partial charge in [0.15, 0.2) is 0 Å². The third kappa shape index (κ3) is 5.75. The highest BCUT2D eigenvalue weighted by Crippen LogP contribution is 2.22. The normalized spacial score (nSPS) is 11.4. The summed E-state index contributed by atoms with van der Waals surface area (Å²) in [7, 11) is 1.93. The highest BCUT2D eigenvalue weighted by Gasteiger charge is 1.97. The summed E-state index contributed by atoms with van der Waals surface area (Å²) in [6.45, 7) is 0. The minimum Gasteiger partial charge on any atom is -0.388 e. The van der Waals surface area contributed by atoms with E-state index in [1.807, 2.05) is 67.9 Å². The Bertz CT molecular complexity index is 903. The molecule has 3 rings (SSSR count). The summed E-state index contributed by atoms with van der Waals surface area (Å²) in [5.74, 6) is 0. The molecule has 0 unspecified atom stereocenters. The maximum Gasteiger partial charge on any atom is 0.0379 e. The minimum absolute atomic E-state index is 1.08. The first-order valence-corrected chi connectivity index (χ1v) is 9.05. The lowest BCUT2D eigenvalue weighted by atomic mass is 10.0. The molecule has 0 spiro atoms. The molecule has 0 saturated heterocycles. The molecule has 0 heterocycles. The zero-order valence-electron chi connectivity index (χ0n) is 15.5. The van der Waals surface area contributed by atoms with Crippen molar-refractivity contribution in [2.75, 3.05) is 17.7 Å². The molecule has 2 nitrogen and oxygen atoms in total.